The summed E-state index contributed by atoms with van der Waals surface area (Å²) in [4.78, 5) is 24.6. The van der Waals surface area contributed by atoms with Crippen LogP contribution in [0.15, 0.2) is 24.3 Å². The van der Waals surface area contributed by atoms with Crippen molar-refractivity contribution in [3.63, 3.8) is 0 Å². The summed E-state index contributed by atoms with van der Waals surface area (Å²) in [6.45, 7) is 0.641. The minimum atomic E-state index is -0.367. The van der Waals surface area contributed by atoms with E-state index in [0.717, 1.165) is 25.7 Å². The molecule has 5 nitrogen and oxygen atoms in total. The van der Waals surface area contributed by atoms with Crippen molar-refractivity contribution >= 4 is 17.5 Å². The molecule has 5 heteroatoms. The number of nitrogens with one attached hydrogen (secondary N) is 2. The summed E-state index contributed by atoms with van der Waals surface area (Å²) >= 11 is 0. The summed E-state index contributed by atoms with van der Waals surface area (Å²) in [5, 5.41) is 5.98. The molecule has 0 unspecified atom stereocenters. The molecule has 2 amide bonds. The fraction of sp³-hybridized carbons (Fsp3) is 0.579. The Morgan fingerprint density at radius 2 is 1.79 bits per heavy atom. The molecule has 1 saturated heterocycles. The van der Waals surface area contributed by atoms with E-state index in [1.807, 2.05) is 0 Å². The summed E-state index contributed by atoms with van der Waals surface area (Å²) in [5.41, 5.74) is 1.23. The number of carbonyl (C=O) groups excluding carboxylic acids is 2. The average Bonchev–Trinajstić information content (AvgIpc) is 3.01. The molecule has 2 N–H and O–H groups in total. The molecule has 24 heavy (non-hydrogen) atoms. The summed E-state index contributed by atoms with van der Waals surface area (Å²) in [5.74, 6) is -0.191. The van der Waals surface area contributed by atoms with Gasteiger partial charge in [0.05, 0.1) is 0 Å². The lowest BCUT2D eigenvalue weighted by Crippen LogP contribution is -2.34. The molecule has 0 radical (unpaired) electrons. The maximum absolute atomic E-state index is 12.5. The first kappa shape index (κ1) is 17.0. The minimum Gasteiger partial charge on any atom is -0.368 e. The first-order chi connectivity index (χ1) is 11.7. The van der Waals surface area contributed by atoms with E-state index in [1.165, 1.54) is 25.7 Å². The lowest BCUT2D eigenvalue weighted by Gasteiger charge is -2.17. The van der Waals surface area contributed by atoms with Gasteiger partial charge in [0.2, 0.25) is 0 Å². The molecule has 0 aromatic heterocycles. The fourth-order valence-corrected chi connectivity index (χ4v) is 3.44. The standard InChI is InChI=1S/C19H26N2O3/c22-18(20-15-8-3-1-2-4-9-15)14-7-5-10-16(13-14)21-19(23)17-11-6-12-24-17/h5,7,10,13,15,17H,1-4,6,8-9,11-12H2,(H,20,22)(H,21,23)/t17-/m0/s1. The van der Waals surface area contributed by atoms with Gasteiger partial charge in [0.25, 0.3) is 11.8 Å². The van der Waals surface area contributed by atoms with E-state index in [2.05, 4.69) is 10.6 Å². The van der Waals surface area contributed by atoms with Gasteiger partial charge in [-0.25, -0.2) is 0 Å². The van der Waals surface area contributed by atoms with Gasteiger partial charge in [0, 0.05) is 23.9 Å². The van der Waals surface area contributed by atoms with Crippen LogP contribution in [-0.4, -0.2) is 30.6 Å². The number of rotatable bonds is 4. The van der Waals surface area contributed by atoms with E-state index < -0.39 is 0 Å². The second kappa shape index (κ2) is 8.29. The Bertz CT molecular complexity index is 574. The Hall–Kier alpha value is -1.88. The number of anilines is 1. The fourth-order valence-electron chi connectivity index (χ4n) is 3.44. The van der Waals surface area contributed by atoms with Gasteiger partial charge in [-0.2, -0.15) is 0 Å². The molecule has 2 fully saturated rings. The third kappa shape index (κ3) is 4.57. The van der Waals surface area contributed by atoms with Crippen LogP contribution in [0.2, 0.25) is 0 Å². The van der Waals surface area contributed by atoms with Gasteiger partial charge in [0.15, 0.2) is 0 Å². The quantitative estimate of drug-likeness (QED) is 0.833. The van der Waals surface area contributed by atoms with Crippen LogP contribution in [0, 0.1) is 0 Å². The van der Waals surface area contributed by atoms with Crippen molar-refractivity contribution in [3.05, 3.63) is 29.8 Å². The van der Waals surface area contributed by atoms with Gasteiger partial charge in [-0.05, 0) is 43.9 Å². The SMILES string of the molecule is O=C(NC1CCCCCC1)c1cccc(NC(=O)[C@@H]2CCCO2)c1. The van der Waals surface area contributed by atoms with Crippen LogP contribution in [0.3, 0.4) is 0 Å². The second-order valence-corrected chi connectivity index (χ2v) is 6.73. The molecular weight excluding hydrogens is 304 g/mol. The van der Waals surface area contributed by atoms with Crippen molar-refractivity contribution in [3.8, 4) is 0 Å². The number of amides is 2. The highest BCUT2D eigenvalue weighted by molar-refractivity contribution is 5.98. The van der Waals surface area contributed by atoms with Crippen LogP contribution in [0.5, 0.6) is 0 Å². The molecule has 1 aromatic rings. The molecular formula is C19H26N2O3. The molecule has 1 heterocycles. The van der Waals surface area contributed by atoms with Gasteiger partial charge < -0.3 is 15.4 Å². The van der Waals surface area contributed by atoms with Crippen molar-refractivity contribution in [2.45, 2.75) is 63.5 Å². The molecule has 1 aliphatic heterocycles. The van der Waals surface area contributed by atoms with E-state index in [9.17, 15) is 9.59 Å². The molecule has 130 valence electrons. The summed E-state index contributed by atoms with van der Waals surface area (Å²) in [7, 11) is 0. The van der Waals surface area contributed by atoms with Gasteiger partial charge >= 0.3 is 0 Å². The molecule has 3 rings (SSSR count). The highest BCUT2D eigenvalue weighted by Gasteiger charge is 2.23. The van der Waals surface area contributed by atoms with Crippen LogP contribution in [0.4, 0.5) is 5.69 Å². The second-order valence-electron chi connectivity index (χ2n) is 6.73. The average molecular weight is 330 g/mol. The zero-order valence-electron chi connectivity index (χ0n) is 14.1. The Labute approximate surface area is 143 Å². The lowest BCUT2D eigenvalue weighted by atomic mass is 10.1. The smallest absolute Gasteiger partial charge is 0.253 e. The zero-order chi connectivity index (χ0) is 16.8. The number of benzene rings is 1. The van der Waals surface area contributed by atoms with Gasteiger partial charge in [-0.1, -0.05) is 31.7 Å². The van der Waals surface area contributed by atoms with Crippen molar-refractivity contribution in [2.24, 2.45) is 0 Å². The maximum atomic E-state index is 12.5. The lowest BCUT2D eigenvalue weighted by molar-refractivity contribution is -0.124. The summed E-state index contributed by atoms with van der Waals surface area (Å²) in [6, 6.07) is 7.39. The molecule has 0 bridgehead atoms. The van der Waals surface area contributed by atoms with Crippen molar-refractivity contribution < 1.29 is 14.3 Å². The molecule has 2 aliphatic rings. The monoisotopic (exact) mass is 330 g/mol. The normalized spacial score (nSPS) is 21.9. The van der Waals surface area contributed by atoms with Gasteiger partial charge in [-0.15, -0.1) is 0 Å². The topological polar surface area (TPSA) is 67.4 Å². The maximum Gasteiger partial charge on any atom is 0.253 e. The number of carbonyl (C=O) groups is 2. The largest absolute Gasteiger partial charge is 0.368 e. The molecule has 1 atom stereocenters. The van der Waals surface area contributed by atoms with Gasteiger partial charge in [0.1, 0.15) is 6.10 Å². The van der Waals surface area contributed by atoms with E-state index in [4.69, 9.17) is 4.74 Å². The molecule has 1 aliphatic carbocycles. The van der Waals surface area contributed by atoms with E-state index in [-0.39, 0.29) is 24.0 Å². The first-order valence-electron chi connectivity index (χ1n) is 9.06. The van der Waals surface area contributed by atoms with E-state index >= 15 is 0 Å². The molecule has 1 aromatic carbocycles. The third-order valence-electron chi connectivity index (χ3n) is 4.80. The van der Waals surface area contributed by atoms with E-state index in [0.29, 0.717) is 17.9 Å². The molecule has 1 saturated carbocycles. The van der Waals surface area contributed by atoms with Crippen LogP contribution < -0.4 is 10.6 Å². The molecule has 0 spiro atoms. The minimum absolute atomic E-state index is 0.0601. The highest BCUT2D eigenvalue weighted by atomic mass is 16.5. The van der Waals surface area contributed by atoms with Gasteiger partial charge in [-0.3, -0.25) is 9.59 Å². The van der Waals surface area contributed by atoms with E-state index in [1.54, 1.807) is 24.3 Å². The number of hydrogen-bond acceptors (Lipinski definition) is 3. The van der Waals surface area contributed by atoms with Crippen LogP contribution >= 0.6 is 0 Å². The Balaban J connectivity index is 1.59. The summed E-state index contributed by atoms with van der Waals surface area (Å²) < 4.78 is 5.39. The van der Waals surface area contributed by atoms with Crippen molar-refractivity contribution in [1.29, 1.82) is 0 Å². The first-order valence-corrected chi connectivity index (χ1v) is 9.06. The predicted molar refractivity (Wildman–Crippen MR) is 93.0 cm³/mol. The predicted octanol–water partition coefficient (Wildman–Crippen LogP) is 3.26. The van der Waals surface area contributed by atoms with Crippen LogP contribution in [0.1, 0.15) is 61.7 Å². The Morgan fingerprint density at radius 1 is 1.00 bits per heavy atom. The van der Waals surface area contributed by atoms with Crippen molar-refractivity contribution in [1.82, 2.24) is 5.32 Å². The highest BCUT2D eigenvalue weighted by Crippen LogP contribution is 2.19. The van der Waals surface area contributed by atoms with Crippen molar-refractivity contribution in [2.75, 3.05) is 11.9 Å². The van der Waals surface area contributed by atoms with Crippen LogP contribution in [-0.2, 0) is 9.53 Å². The van der Waals surface area contributed by atoms with Crippen LogP contribution in [0.25, 0.3) is 0 Å². The Kier molecular flexibility index (Phi) is 5.86. The summed E-state index contributed by atoms with van der Waals surface area (Å²) in [6.07, 6.45) is 8.31. The number of hydrogen-bond donors (Lipinski definition) is 2. The Morgan fingerprint density at radius 3 is 2.50 bits per heavy atom. The number of ether oxygens (including phenoxy) is 1. The zero-order valence-corrected chi connectivity index (χ0v) is 14.1. The third-order valence-corrected chi connectivity index (χ3v) is 4.80.